The second-order valence-corrected chi connectivity index (χ2v) is 10.9. The van der Waals surface area contributed by atoms with Gasteiger partial charge in [0.1, 0.15) is 22.6 Å². The van der Waals surface area contributed by atoms with Crippen LogP contribution in [0.15, 0.2) is 72.8 Å². The molecule has 0 fully saturated rings. The van der Waals surface area contributed by atoms with Gasteiger partial charge in [0, 0.05) is 29.5 Å². The van der Waals surface area contributed by atoms with Crippen molar-refractivity contribution in [2.24, 2.45) is 0 Å². The molecule has 0 aliphatic rings. The van der Waals surface area contributed by atoms with E-state index in [0.29, 0.717) is 42.9 Å². The number of hydrogen-bond acceptors (Lipinski definition) is 8. The molecule has 8 nitrogen and oxygen atoms in total. The van der Waals surface area contributed by atoms with Gasteiger partial charge in [-0.15, -0.1) is 11.3 Å². The average molecular weight is 583 g/mol. The second kappa shape index (κ2) is 14.6. The van der Waals surface area contributed by atoms with Gasteiger partial charge in [-0.25, -0.2) is 19.2 Å². The zero-order valence-corrected chi connectivity index (χ0v) is 23.9. The molecule has 1 N–H and O–H groups in total. The molecule has 2 heterocycles. The summed E-state index contributed by atoms with van der Waals surface area (Å²) in [4.78, 5) is 34.5. The number of carbonyl (C=O) groups excluding carboxylic acids is 2. The van der Waals surface area contributed by atoms with Crippen LogP contribution in [0.1, 0.15) is 39.0 Å². The minimum absolute atomic E-state index is 0.296. The van der Waals surface area contributed by atoms with E-state index in [1.165, 1.54) is 30.6 Å². The van der Waals surface area contributed by atoms with E-state index in [1.807, 2.05) is 34.5 Å². The first-order valence-electron chi connectivity index (χ1n) is 12.7. The lowest BCUT2D eigenvalue weighted by Crippen LogP contribution is -2.42. The third kappa shape index (κ3) is 8.15. The van der Waals surface area contributed by atoms with E-state index < -0.39 is 24.0 Å². The molecule has 0 spiro atoms. The summed E-state index contributed by atoms with van der Waals surface area (Å²) < 4.78 is 26.6. The normalized spacial score (nSPS) is 12.5. The van der Waals surface area contributed by atoms with E-state index in [4.69, 9.17) is 9.47 Å². The summed E-state index contributed by atoms with van der Waals surface area (Å²) in [6.07, 6.45) is 10.1. The van der Waals surface area contributed by atoms with Crippen molar-refractivity contribution in [1.29, 1.82) is 0 Å². The Bertz CT molecular complexity index is 1370. The van der Waals surface area contributed by atoms with Gasteiger partial charge in [-0.2, -0.15) is 11.8 Å². The summed E-state index contributed by atoms with van der Waals surface area (Å²) in [5.41, 5.74) is 2.13. The number of aromatic nitrogens is 3. The highest BCUT2D eigenvalue weighted by Crippen LogP contribution is 2.28. The Hall–Kier alpha value is -3.70. The predicted octanol–water partition coefficient (Wildman–Crippen LogP) is 5.11. The number of nitrogens with one attached hydrogen (secondary N) is 1. The van der Waals surface area contributed by atoms with Gasteiger partial charge in [-0.3, -0.25) is 4.79 Å². The zero-order chi connectivity index (χ0) is 28.3. The Morgan fingerprint density at radius 3 is 2.65 bits per heavy atom. The standard InChI is InChI=1S/C29H31FN4O4S2/c1-37-29(36)25(11-15-39-2)33-27(35)24-17-23(10-7-21(24)6-3-20-4-8-22(30)9-5-20)38-26(28-32-13-16-40-28)18-34-14-12-31-19-34/h4-5,7-10,12-14,16-17,19,25-26H,3,6,11,15,18H2,1-2H3,(H,33,35)/t25-,26?/m0/s1. The molecule has 0 aliphatic heterocycles. The van der Waals surface area contributed by atoms with Crippen LogP contribution in [-0.4, -0.2) is 51.6 Å². The van der Waals surface area contributed by atoms with Crippen molar-refractivity contribution in [2.75, 3.05) is 19.1 Å². The molecule has 0 saturated carbocycles. The van der Waals surface area contributed by atoms with E-state index in [0.717, 1.165) is 16.1 Å². The van der Waals surface area contributed by atoms with Gasteiger partial charge in [0.2, 0.25) is 0 Å². The number of ether oxygens (including phenoxy) is 2. The number of aryl methyl sites for hydroxylation is 2. The molecule has 0 bridgehead atoms. The Kier molecular flexibility index (Phi) is 10.7. The predicted molar refractivity (Wildman–Crippen MR) is 154 cm³/mol. The fourth-order valence-corrected chi connectivity index (χ4v) is 5.29. The van der Waals surface area contributed by atoms with Crippen LogP contribution in [0.3, 0.4) is 0 Å². The monoisotopic (exact) mass is 582 g/mol. The van der Waals surface area contributed by atoms with E-state index in [1.54, 1.807) is 48.7 Å². The van der Waals surface area contributed by atoms with Crippen LogP contribution in [-0.2, 0) is 28.9 Å². The molecule has 0 radical (unpaired) electrons. The van der Waals surface area contributed by atoms with E-state index in [9.17, 15) is 14.0 Å². The Morgan fingerprint density at radius 1 is 1.15 bits per heavy atom. The number of imidazole rings is 1. The first-order chi connectivity index (χ1) is 19.5. The quantitative estimate of drug-likeness (QED) is 0.207. The highest BCUT2D eigenvalue weighted by Gasteiger charge is 2.24. The molecule has 1 amide bonds. The molecule has 0 aliphatic carbocycles. The highest BCUT2D eigenvalue weighted by molar-refractivity contribution is 7.98. The number of amides is 1. The summed E-state index contributed by atoms with van der Waals surface area (Å²) >= 11 is 3.07. The number of hydrogen-bond donors (Lipinski definition) is 1. The Balaban J connectivity index is 1.61. The molecule has 11 heteroatoms. The van der Waals surface area contributed by atoms with Crippen LogP contribution in [0.25, 0.3) is 0 Å². The van der Waals surface area contributed by atoms with E-state index >= 15 is 0 Å². The number of rotatable bonds is 14. The average Bonchev–Trinajstić information content (AvgIpc) is 3.69. The van der Waals surface area contributed by atoms with Crippen LogP contribution < -0.4 is 10.1 Å². The number of nitrogens with zero attached hydrogens (tertiary/aromatic N) is 3. The van der Waals surface area contributed by atoms with Gasteiger partial charge in [0.15, 0.2) is 6.10 Å². The lowest BCUT2D eigenvalue weighted by molar-refractivity contribution is -0.142. The maximum absolute atomic E-state index is 13.6. The summed E-state index contributed by atoms with van der Waals surface area (Å²) in [6.45, 7) is 0.487. The fourth-order valence-electron chi connectivity index (χ4n) is 4.16. The van der Waals surface area contributed by atoms with Crippen molar-refractivity contribution in [1.82, 2.24) is 19.9 Å². The summed E-state index contributed by atoms with van der Waals surface area (Å²) in [6, 6.07) is 10.9. The smallest absolute Gasteiger partial charge is 0.328 e. The number of benzene rings is 2. The minimum atomic E-state index is -0.774. The van der Waals surface area contributed by atoms with Gasteiger partial charge in [-0.1, -0.05) is 18.2 Å². The lowest BCUT2D eigenvalue weighted by atomic mass is 9.98. The van der Waals surface area contributed by atoms with Gasteiger partial charge < -0.3 is 19.4 Å². The zero-order valence-electron chi connectivity index (χ0n) is 22.3. The van der Waals surface area contributed by atoms with E-state index in [-0.39, 0.29) is 5.82 Å². The first-order valence-corrected chi connectivity index (χ1v) is 15.0. The Labute approximate surface area is 241 Å². The first kappa shape index (κ1) is 29.3. The van der Waals surface area contributed by atoms with Crippen molar-refractivity contribution in [2.45, 2.75) is 38.0 Å². The summed E-state index contributed by atoms with van der Waals surface area (Å²) in [5, 5.41) is 5.54. The molecule has 4 rings (SSSR count). The number of carbonyl (C=O) groups is 2. The number of esters is 1. The number of thiazole rings is 1. The molecular formula is C29H31FN4O4S2. The summed E-state index contributed by atoms with van der Waals surface area (Å²) in [5.74, 6) is -0.00223. The topological polar surface area (TPSA) is 95.3 Å². The Morgan fingerprint density at radius 2 is 1.98 bits per heavy atom. The maximum Gasteiger partial charge on any atom is 0.328 e. The molecule has 1 unspecified atom stereocenters. The van der Waals surface area contributed by atoms with Crippen LogP contribution in [0, 0.1) is 5.82 Å². The fraction of sp³-hybridized carbons (Fsp3) is 0.310. The third-order valence-corrected chi connectivity index (χ3v) is 7.78. The lowest BCUT2D eigenvalue weighted by Gasteiger charge is -2.20. The molecule has 0 saturated heterocycles. The van der Waals surface area contributed by atoms with Crippen LogP contribution in [0.4, 0.5) is 4.39 Å². The summed E-state index contributed by atoms with van der Waals surface area (Å²) in [7, 11) is 1.31. The van der Waals surface area contributed by atoms with Crippen molar-refractivity contribution >= 4 is 35.0 Å². The van der Waals surface area contributed by atoms with Crippen molar-refractivity contribution < 1.29 is 23.5 Å². The van der Waals surface area contributed by atoms with Crippen molar-refractivity contribution in [3.8, 4) is 5.75 Å². The molecule has 40 heavy (non-hydrogen) atoms. The van der Waals surface area contributed by atoms with Gasteiger partial charge >= 0.3 is 5.97 Å². The second-order valence-electron chi connectivity index (χ2n) is 9.01. The molecule has 2 atom stereocenters. The molecule has 2 aromatic heterocycles. The van der Waals surface area contributed by atoms with E-state index in [2.05, 4.69) is 15.3 Å². The third-order valence-electron chi connectivity index (χ3n) is 6.26. The molecule has 4 aromatic rings. The minimum Gasteiger partial charge on any atom is -0.481 e. The molecular weight excluding hydrogens is 551 g/mol. The van der Waals surface area contributed by atoms with Gasteiger partial charge in [-0.05, 0) is 66.7 Å². The van der Waals surface area contributed by atoms with Crippen molar-refractivity contribution in [3.63, 3.8) is 0 Å². The number of methoxy groups -OCH3 is 1. The largest absolute Gasteiger partial charge is 0.481 e. The molecule has 210 valence electrons. The highest BCUT2D eigenvalue weighted by atomic mass is 32.2. The van der Waals surface area contributed by atoms with Crippen LogP contribution in [0.5, 0.6) is 5.75 Å². The van der Waals surface area contributed by atoms with Crippen molar-refractivity contribution in [3.05, 3.63) is 100 Å². The van der Waals surface area contributed by atoms with Crippen LogP contribution in [0.2, 0.25) is 0 Å². The van der Waals surface area contributed by atoms with Crippen LogP contribution >= 0.6 is 23.1 Å². The number of halogens is 1. The number of thioether (sulfide) groups is 1. The van der Waals surface area contributed by atoms with Gasteiger partial charge in [0.25, 0.3) is 5.91 Å². The SMILES string of the molecule is COC(=O)[C@H](CCSC)NC(=O)c1cc(OC(Cn2ccnc2)c2nccs2)ccc1CCc1ccc(F)cc1. The molecule has 2 aromatic carbocycles. The van der Waals surface area contributed by atoms with Gasteiger partial charge in [0.05, 0.1) is 20.0 Å². The maximum atomic E-state index is 13.6.